The van der Waals surface area contributed by atoms with Crippen LogP contribution in [-0.2, 0) is 0 Å². The van der Waals surface area contributed by atoms with Crippen molar-refractivity contribution in [2.24, 2.45) is 11.3 Å². The maximum Gasteiger partial charge on any atom is -0.00136 e. The molecular weight excluding hydrogens is 182 g/mol. The second kappa shape index (κ2) is 5.89. The normalized spacial score (nSPS) is 22.2. The minimum absolute atomic E-state index is 0.606. The minimum atomic E-state index is 0.606. The number of unbranched alkanes of at least 4 members (excludes halogenated alkanes) is 1. The monoisotopic (exact) mass is 211 g/mol. The summed E-state index contributed by atoms with van der Waals surface area (Å²) in [5, 5.41) is 0. The zero-order chi connectivity index (χ0) is 11.3. The van der Waals surface area contributed by atoms with E-state index in [2.05, 4.69) is 32.6 Å². The average Bonchev–Trinajstić information content (AvgIpc) is 2.14. The summed E-state index contributed by atoms with van der Waals surface area (Å²) in [5.74, 6) is 0.880. The molecular formula is C14H29N. The predicted molar refractivity (Wildman–Crippen MR) is 68.1 cm³/mol. The third-order valence-corrected chi connectivity index (χ3v) is 3.72. The summed E-state index contributed by atoms with van der Waals surface area (Å²) in [6, 6.07) is 0. The smallest absolute Gasteiger partial charge is 0.00136 e. The first-order valence-electron chi connectivity index (χ1n) is 6.72. The van der Waals surface area contributed by atoms with Gasteiger partial charge >= 0.3 is 0 Å². The van der Waals surface area contributed by atoms with Crippen molar-refractivity contribution in [2.45, 2.75) is 59.8 Å². The second-order valence-electron chi connectivity index (χ2n) is 6.40. The number of hydrogen-bond donors (Lipinski definition) is 0. The van der Waals surface area contributed by atoms with Crippen molar-refractivity contribution in [1.82, 2.24) is 4.90 Å². The molecule has 1 heterocycles. The topological polar surface area (TPSA) is 3.24 Å². The lowest BCUT2D eigenvalue weighted by molar-refractivity contribution is 0.130. The summed E-state index contributed by atoms with van der Waals surface area (Å²) < 4.78 is 0. The van der Waals surface area contributed by atoms with E-state index in [0.717, 1.165) is 5.92 Å². The van der Waals surface area contributed by atoms with Crippen LogP contribution in [0.2, 0.25) is 0 Å². The highest BCUT2D eigenvalue weighted by Crippen LogP contribution is 2.29. The molecule has 0 bridgehead atoms. The first kappa shape index (κ1) is 13.0. The van der Waals surface area contributed by atoms with Gasteiger partial charge in [-0.25, -0.2) is 0 Å². The minimum Gasteiger partial charge on any atom is -0.303 e. The van der Waals surface area contributed by atoms with Gasteiger partial charge in [0.2, 0.25) is 0 Å². The molecule has 1 heteroatoms. The molecule has 0 amide bonds. The largest absolute Gasteiger partial charge is 0.303 e. The highest BCUT2D eigenvalue weighted by molar-refractivity contribution is 4.78. The van der Waals surface area contributed by atoms with Gasteiger partial charge in [0.25, 0.3) is 0 Å². The summed E-state index contributed by atoms with van der Waals surface area (Å²) in [6.07, 6.45) is 6.99. The molecule has 90 valence electrons. The molecule has 0 aliphatic carbocycles. The van der Waals surface area contributed by atoms with Gasteiger partial charge in [0.05, 0.1) is 0 Å². The molecule has 0 saturated carbocycles. The van der Waals surface area contributed by atoms with Crippen molar-refractivity contribution in [3.63, 3.8) is 0 Å². The molecule has 15 heavy (non-hydrogen) atoms. The Balaban J connectivity index is 2.04. The Hall–Kier alpha value is -0.0400. The van der Waals surface area contributed by atoms with E-state index in [1.807, 2.05) is 0 Å². The maximum absolute atomic E-state index is 2.66. The van der Waals surface area contributed by atoms with E-state index in [4.69, 9.17) is 0 Å². The van der Waals surface area contributed by atoms with Gasteiger partial charge in [-0.3, -0.25) is 0 Å². The molecule has 1 saturated heterocycles. The quantitative estimate of drug-likeness (QED) is 0.623. The Morgan fingerprint density at radius 3 is 2.20 bits per heavy atom. The molecule has 1 fully saturated rings. The van der Waals surface area contributed by atoms with Crippen LogP contribution in [0.25, 0.3) is 0 Å². The molecule has 0 aromatic rings. The van der Waals surface area contributed by atoms with Crippen LogP contribution in [0.5, 0.6) is 0 Å². The summed E-state index contributed by atoms with van der Waals surface area (Å²) in [6.45, 7) is 13.4. The van der Waals surface area contributed by atoms with Crippen molar-refractivity contribution in [3.05, 3.63) is 0 Å². The van der Waals surface area contributed by atoms with Crippen molar-refractivity contribution in [3.8, 4) is 0 Å². The van der Waals surface area contributed by atoms with Gasteiger partial charge in [-0.05, 0) is 50.2 Å². The summed E-state index contributed by atoms with van der Waals surface area (Å²) in [7, 11) is 0. The van der Waals surface area contributed by atoms with Gasteiger partial charge in [-0.15, -0.1) is 0 Å². The van der Waals surface area contributed by atoms with E-state index >= 15 is 0 Å². The van der Waals surface area contributed by atoms with Gasteiger partial charge in [0, 0.05) is 0 Å². The molecule has 1 rings (SSSR count). The zero-order valence-corrected chi connectivity index (χ0v) is 11.2. The fraction of sp³-hybridized carbons (Fsp3) is 1.00. The molecule has 1 nitrogen and oxygen atoms in total. The van der Waals surface area contributed by atoms with Crippen LogP contribution in [0, 0.1) is 11.3 Å². The lowest BCUT2D eigenvalue weighted by atomic mass is 9.82. The average molecular weight is 211 g/mol. The Kier molecular flexibility index (Phi) is 5.11. The van der Waals surface area contributed by atoms with E-state index in [1.54, 1.807) is 0 Å². The first-order chi connectivity index (χ1) is 6.99. The van der Waals surface area contributed by atoms with Crippen LogP contribution in [0.4, 0.5) is 0 Å². The zero-order valence-electron chi connectivity index (χ0n) is 11.2. The molecule has 0 atom stereocenters. The Morgan fingerprint density at radius 2 is 1.67 bits per heavy atom. The molecule has 0 radical (unpaired) electrons. The van der Waals surface area contributed by atoms with E-state index in [9.17, 15) is 0 Å². The maximum atomic E-state index is 2.66. The number of piperidine rings is 1. The van der Waals surface area contributed by atoms with Gasteiger partial charge < -0.3 is 4.90 Å². The lowest BCUT2D eigenvalue weighted by Crippen LogP contribution is -2.37. The van der Waals surface area contributed by atoms with E-state index in [1.165, 1.54) is 51.7 Å². The number of nitrogens with zero attached hydrogens (tertiary/aromatic N) is 1. The Morgan fingerprint density at radius 1 is 1.07 bits per heavy atom. The molecule has 0 aromatic carbocycles. The number of likely N-dealkylation sites (tertiary alicyclic amines) is 1. The van der Waals surface area contributed by atoms with Gasteiger partial charge in [0.15, 0.2) is 0 Å². The third kappa shape index (κ3) is 5.55. The fourth-order valence-corrected chi connectivity index (χ4v) is 2.27. The Bertz CT molecular complexity index is 162. The van der Waals surface area contributed by atoms with Crippen molar-refractivity contribution in [2.75, 3.05) is 19.6 Å². The standard InChI is InChI=1S/C14H29N/c1-13(2)7-5-6-10-15-11-8-14(3,4)9-12-15/h13H,5-12H2,1-4H3. The van der Waals surface area contributed by atoms with Crippen LogP contribution in [-0.4, -0.2) is 24.5 Å². The van der Waals surface area contributed by atoms with Gasteiger partial charge in [-0.2, -0.15) is 0 Å². The van der Waals surface area contributed by atoms with Crippen molar-refractivity contribution < 1.29 is 0 Å². The highest BCUT2D eigenvalue weighted by atomic mass is 15.1. The van der Waals surface area contributed by atoms with Crippen LogP contribution >= 0.6 is 0 Å². The van der Waals surface area contributed by atoms with Crippen LogP contribution in [0.1, 0.15) is 59.8 Å². The van der Waals surface area contributed by atoms with E-state index in [-0.39, 0.29) is 0 Å². The second-order valence-corrected chi connectivity index (χ2v) is 6.40. The third-order valence-electron chi connectivity index (χ3n) is 3.72. The molecule has 1 aliphatic heterocycles. The van der Waals surface area contributed by atoms with Gasteiger partial charge in [-0.1, -0.05) is 40.5 Å². The summed E-state index contributed by atoms with van der Waals surface area (Å²) >= 11 is 0. The van der Waals surface area contributed by atoms with Crippen LogP contribution < -0.4 is 0 Å². The summed E-state index contributed by atoms with van der Waals surface area (Å²) in [5.41, 5.74) is 0.606. The first-order valence-corrected chi connectivity index (χ1v) is 6.72. The highest BCUT2D eigenvalue weighted by Gasteiger charge is 2.24. The van der Waals surface area contributed by atoms with Crippen LogP contribution in [0.3, 0.4) is 0 Å². The molecule has 0 aromatic heterocycles. The number of rotatable bonds is 5. The van der Waals surface area contributed by atoms with Gasteiger partial charge in [0.1, 0.15) is 0 Å². The van der Waals surface area contributed by atoms with Crippen molar-refractivity contribution >= 4 is 0 Å². The molecule has 1 aliphatic rings. The molecule has 0 spiro atoms. The molecule has 0 unspecified atom stereocenters. The van der Waals surface area contributed by atoms with E-state index in [0.29, 0.717) is 5.41 Å². The number of hydrogen-bond acceptors (Lipinski definition) is 1. The fourth-order valence-electron chi connectivity index (χ4n) is 2.27. The van der Waals surface area contributed by atoms with Crippen molar-refractivity contribution in [1.29, 1.82) is 0 Å². The lowest BCUT2D eigenvalue weighted by Gasteiger charge is -2.36. The Labute approximate surface area is 96.2 Å². The summed E-state index contributed by atoms with van der Waals surface area (Å²) in [4.78, 5) is 2.66. The van der Waals surface area contributed by atoms with Crippen LogP contribution in [0.15, 0.2) is 0 Å². The SMILES string of the molecule is CC(C)CCCCN1CCC(C)(C)CC1. The predicted octanol–water partition coefficient (Wildman–Crippen LogP) is 3.93. The van der Waals surface area contributed by atoms with E-state index < -0.39 is 0 Å². The molecule has 0 N–H and O–H groups in total.